The normalized spacial score (nSPS) is 6.40. The van der Waals surface area contributed by atoms with Crippen molar-refractivity contribution in [2.24, 2.45) is 0 Å². The number of carbonyl (C=O) groups is 1. The summed E-state index contributed by atoms with van der Waals surface area (Å²) in [5.74, 6) is -0.833. The minimum Gasteiger partial charge on any atom is -0.481 e. The van der Waals surface area contributed by atoms with Crippen LogP contribution in [0, 0.1) is 11.3 Å². The molecule has 0 aliphatic heterocycles. The van der Waals surface area contributed by atoms with Crippen LogP contribution in [0.1, 0.15) is 12.5 Å². The van der Waals surface area contributed by atoms with Crippen LogP contribution in [0.2, 0.25) is 0 Å². The number of nitrogens with zero attached hydrogens (tertiary/aromatic N) is 1. The summed E-state index contributed by atoms with van der Waals surface area (Å²) >= 11 is 0. The van der Waals surface area contributed by atoms with Crippen LogP contribution in [-0.2, 0) is 4.79 Å². The van der Waals surface area contributed by atoms with E-state index in [0.29, 0.717) is 0 Å². The van der Waals surface area contributed by atoms with Crippen LogP contribution in [0.25, 0.3) is 6.08 Å². The number of carboxylic acid groups (broad SMARTS) is 1. The maximum atomic E-state index is 9.00. The van der Waals surface area contributed by atoms with Crippen molar-refractivity contribution in [3.8, 4) is 6.07 Å². The van der Waals surface area contributed by atoms with Crippen LogP contribution in [0.4, 0.5) is 0 Å². The molecule has 1 aromatic rings. The van der Waals surface area contributed by atoms with Gasteiger partial charge in [-0.2, -0.15) is 5.26 Å². The van der Waals surface area contributed by atoms with E-state index in [1.807, 2.05) is 36.4 Å². The third-order valence-corrected chi connectivity index (χ3v) is 1.29. The summed E-state index contributed by atoms with van der Waals surface area (Å²) in [4.78, 5) is 9.00. The standard InChI is InChI=1S/C8H8.C4H6.C3H3N.C2H4O2/c1-2-8-6-4-3-5-7-8;1-3-4-2;1-2-3-4;1-2(3)4/h2-7H,1H2;3-4H,1-2H2;2H,1H2;1H3,(H,3,4). The largest absolute Gasteiger partial charge is 0.481 e. The smallest absolute Gasteiger partial charge is 0.300 e. The van der Waals surface area contributed by atoms with E-state index in [1.54, 1.807) is 18.2 Å². The van der Waals surface area contributed by atoms with Crippen LogP contribution in [0.3, 0.4) is 0 Å². The fraction of sp³-hybridized carbons (Fsp3) is 0.0588. The van der Waals surface area contributed by atoms with E-state index in [9.17, 15) is 0 Å². The summed E-state index contributed by atoms with van der Waals surface area (Å²) in [6, 6.07) is 11.7. The molecule has 1 rings (SSSR count). The molecule has 0 unspecified atom stereocenters. The number of allylic oxidation sites excluding steroid dienone is 3. The van der Waals surface area contributed by atoms with Gasteiger partial charge in [-0.05, 0) is 5.56 Å². The lowest BCUT2D eigenvalue weighted by molar-refractivity contribution is -0.134. The minimum atomic E-state index is -0.833. The molecule has 0 saturated carbocycles. The average Bonchev–Trinajstić information content (AvgIpc) is 2.48. The second kappa shape index (κ2) is 21.4. The lowest BCUT2D eigenvalue weighted by Crippen LogP contribution is -1.78. The molecule has 0 heterocycles. The third-order valence-electron chi connectivity index (χ3n) is 1.29. The van der Waals surface area contributed by atoms with E-state index in [0.717, 1.165) is 6.92 Å². The van der Waals surface area contributed by atoms with Crippen LogP contribution < -0.4 is 0 Å². The topological polar surface area (TPSA) is 61.1 Å². The number of hydrogen-bond donors (Lipinski definition) is 1. The summed E-state index contributed by atoms with van der Waals surface area (Å²) < 4.78 is 0. The highest BCUT2D eigenvalue weighted by molar-refractivity contribution is 5.62. The number of hydrogen-bond acceptors (Lipinski definition) is 2. The predicted molar refractivity (Wildman–Crippen MR) is 86.0 cm³/mol. The molecular formula is C17H21NO2. The average molecular weight is 271 g/mol. The lowest BCUT2D eigenvalue weighted by atomic mass is 10.2. The van der Waals surface area contributed by atoms with Crippen LogP contribution in [-0.4, -0.2) is 11.1 Å². The van der Waals surface area contributed by atoms with Crippen LogP contribution >= 0.6 is 0 Å². The Hall–Kier alpha value is -2.86. The zero-order chi connectivity index (χ0) is 16.2. The molecule has 0 saturated heterocycles. The first kappa shape index (κ1) is 22.3. The highest BCUT2D eigenvalue weighted by Crippen LogP contribution is 1.97. The third kappa shape index (κ3) is 36.2. The van der Waals surface area contributed by atoms with Gasteiger partial charge >= 0.3 is 0 Å². The molecule has 0 radical (unpaired) electrons. The van der Waals surface area contributed by atoms with Crippen molar-refractivity contribution < 1.29 is 9.90 Å². The molecular weight excluding hydrogens is 250 g/mol. The van der Waals surface area contributed by atoms with Crippen molar-refractivity contribution in [3.05, 3.63) is 80.4 Å². The summed E-state index contributed by atoms with van der Waals surface area (Å²) in [5.41, 5.74) is 1.17. The molecule has 3 nitrogen and oxygen atoms in total. The molecule has 0 bridgehead atoms. The molecule has 0 spiro atoms. The second-order valence-electron chi connectivity index (χ2n) is 2.94. The lowest BCUT2D eigenvalue weighted by Gasteiger charge is -1.85. The Balaban J connectivity index is -0.000000209. The Bertz CT molecular complexity index is 418. The molecule has 106 valence electrons. The molecule has 0 fully saturated rings. The van der Waals surface area contributed by atoms with Crippen molar-refractivity contribution in [1.29, 1.82) is 5.26 Å². The number of nitriles is 1. The Morgan fingerprint density at radius 2 is 1.50 bits per heavy atom. The van der Waals surface area contributed by atoms with Gasteiger partial charge in [-0.25, -0.2) is 0 Å². The number of rotatable bonds is 2. The Morgan fingerprint density at radius 1 is 1.15 bits per heavy atom. The first-order valence-electron chi connectivity index (χ1n) is 5.61. The fourth-order valence-electron chi connectivity index (χ4n) is 0.589. The van der Waals surface area contributed by atoms with Crippen molar-refractivity contribution in [3.63, 3.8) is 0 Å². The zero-order valence-corrected chi connectivity index (χ0v) is 11.8. The fourth-order valence-corrected chi connectivity index (χ4v) is 0.589. The first-order chi connectivity index (χ1) is 9.49. The van der Waals surface area contributed by atoms with Gasteiger partial charge in [0.1, 0.15) is 0 Å². The highest BCUT2D eigenvalue weighted by atomic mass is 16.4. The maximum Gasteiger partial charge on any atom is 0.300 e. The summed E-state index contributed by atoms with van der Waals surface area (Å²) in [5, 5.41) is 14.9. The van der Waals surface area contributed by atoms with Crippen LogP contribution in [0.15, 0.2) is 74.9 Å². The van der Waals surface area contributed by atoms with Gasteiger partial charge in [-0.15, -0.1) is 0 Å². The van der Waals surface area contributed by atoms with Crippen molar-refractivity contribution in [2.75, 3.05) is 0 Å². The number of benzene rings is 1. The molecule has 3 heteroatoms. The predicted octanol–water partition coefficient (Wildman–Crippen LogP) is 4.47. The molecule has 1 aromatic carbocycles. The molecule has 1 N–H and O–H groups in total. The Kier molecular flexibility index (Phi) is 23.9. The minimum absolute atomic E-state index is 0.833. The molecule has 0 amide bonds. The molecule has 0 aromatic heterocycles. The SMILES string of the molecule is C=CC#N.C=CC=C.C=Cc1ccccc1.CC(=O)O. The van der Waals surface area contributed by atoms with Crippen molar-refractivity contribution >= 4 is 12.0 Å². The molecule has 0 aliphatic rings. The van der Waals surface area contributed by atoms with Crippen LogP contribution in [0.5, 0.6) is 0 Å². The van der Waals surface area contributed by atoms with Gasteiger partial charge in [0.15, 0.2) is 0 Å². The van der Waals surface area contributed by atoms with Gasteiger partial charge in [0.25, 0.3) is 5.97 Å². The van der Waals surface area contributed by atoms with Crippen molar-refractivity contribution in [2.45, 2.75) is 6.92 Å². The van der Waals surface area contributed by atoms with Gasteiger partial charge in [-0.3, -0.25) is 4.79 Å². The zero-order valence-electron chi connectivity index (χ0n) is 11.8. The van der Waals surface area contributed by atoms with Gasteiger partial charge < -0.3 is 5.11 Å². The highest BCUT2D eigenvalue weighted by Gasteiger charge is 1.75. The van der Waals surface area contributed by atoms with E-state index in [1.165, 1.54) is 11.6 Å². The van der Waals surface area contributed by atoms with E-state index in [-0.39, 0.29) is 0 Å². The van der Waals surface area contributed by atoms with Gasteiger partial charge in [0.05, 0.1) is 6.07 Å². The molecule has 0 aliphatic carbocycles. The van der Waals surface area contributed by atoms with E-state index < -0.39 is 5.97 Å². The maximum absolute atomic E-state index is 9.00. The molecule has 20 heavy (non-hydrogen) atoms. The molecule has 0 atom stereocenters. The number of aliphatic carboxylic acids is 1. The first-order valence-corrected chi connectivity index (χ1v) is 5.61. The summed E-state index contributed by atoms with van der Waals surface area (Å²) in [7, 11) is 0. The van der Waals surface area contributed by atoms with E-state index in [4.69, 9.17) is 15.2 Å². The van der Waals surface area contributed by atoms with E-state index >= 15 is 0 Å². The Morgan fingerprint density at radius 3 is 1.65 bits per heavy atom. The van der Waals surface area contributed by atoms with Gasteiger partial charge in [0.2, 0.25) is 0 Å². The van der Waals surface area contributed by atoms with E-state index in [2.05, 4.69) is 26.3 Å². The summed E-state index contributed by atoms with van der Waals surface area (Å²) in [6.45, 7) is 14.6. The number of carboxylic acids is 1. The monoisotopic (exact) mass is 271 g/mol. The quantitative estimate of drug-likeness (QED) is 0.637. The second-order valence-corrected chi connectivity index (χ2v) is 2.94. The summed E-state index contributed by atoms with van der Waals surface area (Å²) in [6.07, 6.45) is 6.29. The van der Waals surface area contributed by atoms with Gasteiger partial charge in [-0.1, -0.05) is 74.9 Å². The van der Waals surface area contributed by atoms with Gasteiger partial charge in [0, 0.05) is 13.0 Å². The van der Waals surface area contributed by atoms with Crippen molar-refractivity contribution in [1.82, 2.24) is 0 Å². The Labute approximate surface area is 121 Å².